The highest BCUT2D eigenvalue weighted by Crippen LogP contribution is 2.34. The Morgan fingerprint density at radius 3 is 2.87 bits per heavy atom. The minimum atomic E-state index is -0.752. The third-order valence-corrected chi connectivity index (χ3v) is 4.90. The number of halogens is 1. The molecule has 2 amide bonds. The van der Waals surface area contributed by atoms with E-state index in [0.717, 1.165) is 6.07 Å². The first-order valence-corrected chi connectivity index (χ1v) is 9.84. The Morgan fingerprint density at radius 2 is 2.13 bits per heavy atom. The fourth-order valence-electron chi connectivity index (χ4n) is 3.36. The van der Waals surface area contributed by atoms with Crippen molar-refractivity contribution in [2.24, 2.45) is 0 Å². The molecule has 2 aromatic heterocycles. The van der Waals surface area contributed by atoms with Crippen LogP contribution in [0.3, 0.4) is 0 Å². The van der Waals surface area contributed by atoms with Gasteiger partial charge in [-0.05, 0) is 39.0 Å². The van der Waals surface area contributed by atoms with Gasteiger partial charge in [-0.1, -0.05) is 6.07 Å². The number of nitrogens with one attached hydrogen (secondary N) is 1. The number of likely N-dealkylation sites (N-methyl/N-ethyl adjacent to an activating group) is 1. The van der Waals surface area contributed by atoms with Crippen molar-refractivity contribution in [3.8, 4) is 17.3 Å². The van der Waals surface area contributed by atoms with Crippen LogP contribution in [0.25, 0.3) is 11.5 Å². The van der Waals surface area contributed by atoms with Crippen molar-refractivity contribution in [3.63, 3.8) is 0 Å². The zero-order chi connectivity index (χ0) is 22.1. The highest BCUT2D eigenvalue weighted by Gasteiger charge is 2.27. The van der Waals surface area contributed by atoms with E-state index in [1.807, 2.05) is 18.4 Å². The van der Waals surface area contributed by atoms with E-state index in [-0.39, 0.29) is 35.7 Å². The molecule has 0 saturated heterocycles. The van der Waals surface area contributed by atoms with Crippen LogP contribution in [-0.4, -0.2) is 44.7 Å². The first kappa shape index (κ1) is 20.5. The van der Waals surface area contributed by atoms with E-state index < -0.39 is 11.7 Å². The first-order valence-electron chi connectivity index (χ1n) is 9.84. The van der Waals surface area contributed by atoms with Crippen LogP contribution in [-0.2, 0) is 4.79 Å². The second-order valence-corrected chi connectivity index (χ2v) is 7.24. The number of carbonyl (C=O) groups excluding carboxylic acids is 2. The van der Waals surface area contributed by atoms with Gasteiger partial charge < -0.3 is 19.5 Å². The topological polar surface area (TPSA) is 102 Å². The molecule has 4 rings (SSSR count). The molecule has 1 aromatic carbocycles. The van der Waals surface area contributed by atoms with E-state index >= 15 is 0 Å². The van der Waals surface area contributed by atoms with Crippen molar-refractivity contribution in [3.05, 3.63) is 48.0 Å². The van der Waals surface area contributed by atoms with Crippen LogP contribution in [0.4, 0.5) is 15.9 Å². The van der Waals surface area contributed by atoms with E-state index in [4.69, 9.17) is 4.74 Å². The molecule has 1 aliphatic rings. The van der Waals surface area contributed by atoms with E-state index in [1.165, 1.54) is 11.0 Å². The molecule has 1 aliphatic heterocycles. The predicted molar refractivity (Wildman–Crippen MR) is 112 cm³/mol. The molecular formula is C21H21FN6O3. The van der Waals surface area contributed by atoms with Crippen LogP contribution in [0.1, 0.15) is 37.2 Å². The number of hydrogen-bond donors (Lipinski definition) is 1. The molecule has 0 unspecified atom stereocenters. The maximum absolute atomic E-state index is 14.6. The Labute approximate surface area is 177 Å². The van der Waals surface area contributed by atoms with Crippen molar-refractivity contribution in [2.45, 2.75) is 26.8 Å². The van der Waals surface area contributed by atoms with Crippen LogP contribution < -0.4 is 15.0 Å². The van der Waals surface area contributed by atoms with Gasteiger partial charge in [-0.15, -0.1) is 10.2 Å². The summed E-state index contributed by atoms with van der Waals surface area (Å²) in [6.45, 7) is 5.99. The molecule has 0 bridgehead atoms. The Kier molecular flexibility index (Phi) is 5.37. The highest BCUT2D eigenvalue weighted by atomic mass is 19.1. The molecular weight excluding hydrogens is 403 g/mol. The molecule has 160 valence electrons. The van der Waals surface area contributed by atoms with E-state index in [2.05, 4.69) is 20.5 Å². The fourth-order valence-corrected chi connectivity index (χ4v) is 3.36. The SMILES string of the molecule is CCN1C(=O)COc2cc(F)c(C(=O)Nc3cccc(-c4nncn4C(C)C)n3)cc21. The molecule has 3 aromatic rings. The Balaban J connectivity index is 1.63. The lowest BCUT2D eigenvalue weighted by Crippen LogP contribution is -2.38. The summed E-state index contributed by atoms with van der Waals surface area (Å²) in [5.41, 5.74) is 0.663. The third kappa shape index (κ3) is 3.83. The zero-order valence-corrected chi connectivity index (χ0v) is 17.3. The first-order chi connectivity index (χ1) is 14.9. The number of nitrogens with zero attached hydrogens (tertiary/aromatic N) is 5. The van der Waals surface area contributed by atoms with Crippen LogP contribution in [0.2, 0.25) is 0 Å². The predicted octanol–water partition coefficient (Wildman–Crippen LogP) is 3.06. The van der Waals surface area contributed by atoms with Crippen LogP contribution in [0.5, 0.6) is 5.75 Å². The normalized spacial score (nSPS) is 13.2. The quantitative estimate of drug-likeness (QED) is 0.675. The molecule has 0 fully saturated rings. The smallest absolute Gasteiger partial charge is 0.265 e. The van der Waals surface area contributed by atoms with Crippen molar-refractivity contribution in [2.75, 3.05) is 23.4 Å². The van der Waals surface area contributed by atoms with Gasteiger partial charge in [0.1, 0.15) is 29.4 Å². The zero-order valence-electron chi connectivity index (χ0n) is 17.3. The van der Waals surface area contributed by atoms with Crippen LogP contribution >= 0.6 is 0 Å². The standard InChI is InChI=1S/C21H21FN6O3/c1-4-27-16-8-13(14(22)9-17(16)31-10-19(27)29)21(30)25-18-7-5-6-15(24-18)20-26-23-11-28(20)12(2)3/h5-9,11-12H,4,10H2,1-3H3,(H,24,25,30). The number of anilines is 2. The summed E-state index contributed by atoms with van der Waals surface area (Å²) in [4.78, 5) is 30.7. The number of rotatable bonds is 5. The Hall–Kier alpha value is -3.82. The molecule has 0 radical (unpaired) electrons. The average Bonchev–Trinajstić information content (AvgIpc) is 3.24. The molecule has 1 N–H and O–H groups in total. The number of pyridine rings is 1. The number of amides is 2. The van der Waals surface area contributed by atoms with E-state index in [9.17, 15) is 14.0 Å². The minimum absolute atomic E-state index is 0.126. The number of ether oxygens (including phenoxy) is 1. The van der Waals surface area contributed by atoms with E-state index in [1.54, 1.807) is 31.5 Å². The summed E-state index contributed by atoms with van der Waals surface area (Å²) in [5.74, 6) is -0.681. The number of benzene rings is 1. The van der Waals surface area contributed by atoms with Gasteiger partial charge in [-0.25, -0.2) is 9.37 Å². The average molecular weight is 424 g/mol. The maximum Gasteiger partial charge on any atom is 0.265 e. The van der Waals surface area contributed by atoms with Crippen LogP contribution in [0, 0.1) is 5.82 Å². The molecule has 0 aliphatic carbocycles. The van der Waals surface area contributed by atoms with Gasteiger partial charge in [0, 0.05) is 18.7 Å². The summed E-state index contributed by atoms with van der Waals surface area (Å²) in [6, 6.07) is 7.62. The van der Waals surface area contributed by atoms with Gasteiger partial charge in [0.2, 0.25) is 0 Å². The number of aromatic nitrogens is 4. The number of carbonyl (C=O) groups is 2. The lowest BCUT2D eigenvalue weighted by atomic mass is 10.1. The lowest BCUT2D eigenvalue weighted by molar-refractivity contribution is -0.121. The summed E-state index contributed by atoms with van der Waals surface area (Å²) < 4.78 is 21.8. The Morgan fingerprint density at radius 1 is 1.32 bits per heavy atom. The van der Waals surface area contributed by atoms with Crippen molar-refractivity contribution in [1.82, 2.24) is 19.7 Å². The van der Waals surface area contributed by atoms with Gasteiger partial charge in [-0.3, -0.25) is 9.59 Å². The number of fused-ring (bicyclic) bond motifs is 1. The minimum Gasteiger partial charge on any atom is -0.481 e. The van der Waals surface area contributed by atoms with Gasteiger partial charge in [0.15, 0.2) is 12.4 Å². The second kappa shape index (κ2) is 8.13. The maximum atomic E-state index is 14.6. The molecule has 10 heteroatoms. The molecule has 31 heavy (non-hydrogen) atoms. The van der Waals surface area contributed by atoms with Crippen molar-refractivity contribution in [1.29, 1.82) is 0 Å². The van der Waals surface area contributed by atoms with Gasteiger partial charge >= 0.3 is 0 Å². The summed E-state index contributed by atoms with van der Waals surface area (Å²) in [6.07, 6.45) is 1.61. The Bertz CT molecular complexity index is 1160. The largest absolute Gasteiger partial charge is 0.481 e. The molecule has 0 atom stereocenters. The monoisotopic (exact) mass is 424 g/mol. The molecule has 3 heterocycles. The van der Waals surface area contributed by atoms with E-state index in [0.29, 0.717) is 23.8 Å². The van der Waals surface area contributed by atoms with Gasteiger partial charge in [-0.2, -0.15) is 0 Å². The highest BCUT2D eigenvalue weighted by molar-refractivity contribution is 6.06. The molecule has 0 spiro atoms. The second-order valence-electron chi connectivity index (χ2n) is 7.24. The fraction of sp³-hybridized carbons (Fsp3) is 0.286. The third-order valence-electron chi connectivity index (χ3n) is 4.90. The van der Waals surface area contributed by atoms with Crippen molar-refractivity contribution >= 4 is 23.3 Å². The van der Waals surface area contributed by atoms with Gasteiger partial charge in [0.25, 0.3) is 11.8 Å². The summed E-state index contributed by atoms with van der Waals surface area (Å²) in [5, 5.41) is 10.6. The number of hydrogen-bond acceptors (Lipinski definition) is 6. The van der Waals surface area contributed by atoms with Gasteiger partial charge in [0.05, 0.1) is 11.3 Å². The van der Waals surface area contributed by atoms with Crippen molar-refractivity contribution < 1.29 is 18.7 Å². The van der Waals surface area contributed by atoms with Crippen LogP contribution in [0.15, 0.2) is 36.7 Å². The summed E-state index contributed by atoms with van der Waals surface area (Å²) >= 11 is 0. The lowest BCUT2D eigenvalue weighted by Gasteiger charge is -2.28. The molecule has 0 saturated carbocycles. The molecule has 9 nitrogen and oxygen atoms in total. The summed E-state index contributed by atoms with van der Waals surface area (Å²) in [7, 11) is 0.